The Labute approximate surface area is 154 Å². The molecule has 1 aromatic rings. The Kier molecular flexibility index (Phi) is 6.28. The van der Waals surface area contributed by atoms with Gasteiger partial charge in [-0.3, -0.25) is 4.90 Å². The number of urea groups is 1. The summed E-state index contributed by atoms with van der Waals surface area (Å²) in [5.41, 5.74) is 6.98. The second-order valence-corrected chi connectivity index (χ2v) is 6.96. The first-order valence-corrected chi connectivity index (χ1v) is 9.35. The molecule has 0 bridgehead atoms. The molecule has 1 atom stereocenters. The summed E-state index contributed by atoms with van der Waals surface area (Å²) in [6, 6.07) is 7.26. The maximum atomic E-state index is 12.5. The zero-order chi connectivity index (χ0) is 18.4. The Morgan fingerprint density at radius 2 is 1.96 bits per heavy atom. The van der Waals surface area contributed by atoms with Crippen LogP contribution in [0.4, 0.5) is 4.79 Å². The van der Waals surface area contributed by atoms with Crippen LogP contribution in [0.1, 0.15) is 41.6 Å². The third-order valence-corrected chi connectivity index (χ3v) is 4.97. The number of carbonyl (C=O) groups is 2. The van der Waals surface area contributed by atoms with E-state index in [1.807, 2.05) is 24.3 Å². The van der Waals surface area contributed by atoms with Crippen LogP contribution in [0.25, 0.3) is 0 Å². The third kappa shape index (κ3) is 5.08. The molecule has 6 heteroatoms. The lowest BCUT2D eigenvalue weighted by Gasteiger charge is -2.33. The van der Waals surface area contributed by atoms with Crippen LogP contribution in [0.3, 0.4) is 0 Å². The molecule has 1 unspecified atom stereocenters. The highest BCUT2D eigenvalue weighted by molar-refractivity contribution is 5.89. The van der Waals surface area contributed by atoms with Gasteiger partial charge in [0.15, 0.2) is 0 Å². The van der Waals surface area contributed by atoms with Gasteiger partial charge in [0.1, 0.15) is 6.10 Å². The van der Waals surface area contributed by atoms with Gasteiger partial charge in [-0.1, -0.05) is 18.2 Å². The number of ether oxygens (including phenoxy) is 1. The Morgan fingerprint density at radius 3 is 2.73 bits per heavy atom. The van der Waals surface area contributed by atoms with E-state index in [2.05, 4.69) is 11.0 Å². The monoisotopic (exact) mass is 357 g/mol. The van der Waals surface area contributed by atoms with E-state index < -0.39 is 0 Å². The summed E-state index contributed by atoms with van der Waals surface area (Å²) in [5, 5.41) is 0. The van der Waals surface area contributed by atoms with Gasteiger partial charge in [0.05, 0.1) is 5.56 Å². The molecule has 2 aliphatic rings. The molecule has 1 fully saturated rings. The molecule has 3 rings (SSSR count). The SMILES string of the molecule is NC(=O)N1CCN(Cc2cccc(C(=O)OC3C=CCCCC3)c2)CC1. The first-order valence-electron chi connectivity index (χ1n) is 9.35. The van der Waals surface area contributed by atoms with Gasteiger partial charge in [-0.05, 0) is 49.5 Å². The predicted octanol–water partition coefficient (Wildman–Crippen LogP) is 2.54. The second kappa shape index (κ2) is 8.85. The Morgan fingerprint density at radius 1 is 1.15 bits per heavy atom. The summed E-state index contributed by atoms with van der Waals surface area (Å²) in [7, 11) is 0. The largest absolute Gasteiger partial charge is 0.455 e. The fourth-order valence-electron chi connectivity index (χ4n) is 3.44. The molecule has 1 aliphatic heterocycles. The summed E-state index contributed by atoms with van der Waals surface area (Å²) >= 11 is 0. The van der Waals surface area contributed by atoms with E-state index in [4.69, 9.17) is 10.5 Å². The summed E-state index contributed by atoms with van der Waals surface area (Å²) in [5.74, 6) is -0.262. The number of piperazine rings is 1. The number of carbonyl (C=O) groups excluding carboxylic acids is 2. The van der Waals surface area contributed by atoms with E-state index in [1.54, 1.807) is 11.0 Å². The van der Waals surface area contributed by atoms with Crippen LogP contribution >= 0.6 is 0 Å². The molecule has 26 heavy (non-hydrogen) atoms. The van der Waals surface area contributed by atoms with Crippen LogP contribution in [0.2, 0.25) is 0 Å². The van der Waals surface area contributed by atoms with Crippen molar-refractivity contribution < 1.29 is 14.3 Å². The summed E-state index contributed by atoms with van der Waals surface area (Å²) in [4.78, 5) is 27.6. The fraction of sp³-hybridized carbons (Fsp3) is 0.500. The van der Waals surface area contributed by atoms with E-state index in [-0.39, 0.29) is 18.1 Å². The summed E-state index contributed by atoms with van der Waals surface area (Å²) in [6.07, 6.45) is 8.19. The zero-order valence-corrected chi connectivity index (χ0v) is 15.1. The van der Waals surface area contributed by atoms with Crippen molar-refractivity contribution in [1.29, 1.82) is 0 Å². The topological polar surface area (TPSA) is 75.9 Å². The van der Waals surface area contributed by atoms with E-state index in [0.717, 1.165) is 50.9 Å². The number of nitrogens with two attached hydrogens (primary N) is 1. The van der Waals surface area contributed by atoms with Crippen LogP contribution in [0.5, 0.6) is 0 Å². The molecular weight excluding hydrogens is 330 g/mol. The highest BCUT2D eigenvalue weighted by atomic mass is 16.5. The van der Waals surface area contributed by atoms with Crippen molar-refractivity contribution in [3.05, 3.63) is 47.5 Å². The van der Waals surface area contributed by atoms with Gasteiger partial charge in [-0.2, -0.15) is 0 Å². The first-order chi connectivity index (χ1) is 12.6. The van der Waals surface area contributed by atoms with E-state index in [1.165, 1.54) is 0 Å². The Balaban J connectivity index is 1.56. The van der Waals surface area contributed by atoms with Gasteiger partial charge < -0.3 is 15.4 Å². The van der Waals surface area contributed by atoms with Crippen molar-refractivity contribution in [3.8, 4) is 0 Å². The molecule has 1 saturated heterocycles. The van der Waals surface area contributed by atoms with Crippen molar-refractivity contribution >= 4 is 12.0 Å². The maximum absolute atomic E-state index is 12.5. The number of esters is 1. The average molecular weight is 357 g/mol. The van der Waals surface area contributed by atoms with Crippen LogP contribution in [-0.4, -0.2) is 54.1 Å². The molecule has 0 radical (unpaired) electrons. The van der Waals surface area contributed by atoms with Crippen LogP contribution in [0.15, 0.2) is 36.4 Å². The van der Waals surface area contributed by atoms with Crippen molar-refractivity contribution in [2.24, 2.45) is 5.73 Å². The molecule has 2 N–H and O–H groups in total. The van der Waals surface area contributed by atoms with Crippen molar-refractivity contribution in [2.75, 3.05) is 26.2 Å². The lowest BCUT2D eigenvalue weighted by atomic mass is 10.1. The van der Waals surface area contributed by atoms with Crippen LogP contribution in [0, 0.1) is 0 Å². The zero-order valence-electron chi connectivity index (χ0n) is 15.1. The van der Waals surface area contributed by atoms with E-state index in [9.17, 15) is 9.59 Å². The standard InChI is InChI=1S/C20H27N3O3/c21-20(25)23-12-10-22(11-13-23)15-16-6-5-7-17(14-16)19(24)26-18-8-3-1-2-4-9-18/h3,5-8,14,18H,1-2,4,9-13,15H2,(H2,21,25). The molecule has 1 aromatic carbocycles. The van der Waals surface area contributed by atoms with Gasteiger partial charge >= 0.3 is 12.0 Å². The minimum absolute atomic E-state index is 0.115. The first kappa shape index (κ1) is 18.5. The van der Waals surface area contributed by atoms with Gasteiger partial charge in [0.25, 0.3) is 0 Å². The minimum atomic E-state index is -0.359. The van der Waals surface area contributed by atoms with Crippen molar-refractivity contribution in [3.63, 3.8) is 0 Å². The number of nitrogens with zero attached hydrogens (tertiary/aromatic N) is 2. The number of amides is 2. The van der Waals surface area contributed by atoms with Gasteiger partial charge in [0, 0.05) is 32.7 Å². The molecule has 140 valence electrons. The van der Waals surface area contributed by atoms with Crippen molar-refractivity contribution in [2.45, 2.75) is 38.3 Å². The predicted molar refractivity (Wildman–Crippen MR) is 99.7 cm³/mol. The lowest BCUT2D eigenvalue weighted by molar-refractivity contribution is 0.0379. The van der Waals surface area contributed by atoms with E-state index >= 15 is 0 Å². The Hall–Kier alpha value is -2.34. The van der Waals surface area contributed by atoms with Crippen molar-refractivity contribution in [1.82, 2.24) is 9.80 Å². The third-order valence-electron chi connectivity index (χ3n) is 4.97. The highest BCUT2D eigenvalue weighted by Crippen LogP contribution is 2.17. The molecule has 0 aromatic heterocycles. The quantitative estimate of drug-likeness (QED) is 0.664. The maximum Gasteiger partial charge on any atom is 0.338 e. The normalized spacial score (nSPS) is 21.2. The molecular formula is C20H27N3O3. The number of hydrogen-bond acceptors (Lipinski definition) is 4. The summed E-state index contributed by atoms with van der Waals surface area (Å²) in [6.45, 7) is 3.60. The molecule has 1 aliphatic carbocycles. The molecule has 0 spiro atoms. The van der Waals surface area contributed by atoms with Crippen LogP contribution < -0.4 is 5.73 Å². The molecule has 0 saturated carbocycles. The number of primary amides is 1. The number of allylic oxidation sites excluding steroid dienone is 1. The van der Waals surface area contributed by atoms with Crippen LogP contribution in [-0.2, 0) is 11.3 Å². The highest BCUT2D eigenvalue weighted by Gasteiger charge is 2.20. The minimum Gasteiger partial charge on any atom is -0.455 e. The number of rotatable bonds is 4. The fourth-order valence-corrected chi connectivity index (χ4v) is 3.44. The van der Waals surface area contributed by atoms with Gasteiger partial charge in [-0.25, -0.2) is 9.59 Å². The average Bonchev–Trinajstić information content (AvgIpc) is 2.91. The second-order valence-electron chi connectivity index (χ2n) is 6.96. The number of hydrogen-bond donors (Lipinski definition) is 1. The molecule has 1 heterocycles. The molecule has 2 amide bonds. The lowest BCUT2D eigenvalue weighted by Crippen LogP contribution is -2.50. The number of benzene rings is 1. The molecule has 6 nitrogen and oxygen atoms in total. The summed E-state index contributed by atoms with van der Waals surface area (Å²) < 4.78 is 5.65. The van der Waals surface area contributed by atoms with Gasteiger partial charge in [-0.15, -0.1) is 0 Å². The smallest absolute Gasteiger partial charge is 0.338 e. The van der Waals surface area contributed by atoms with Gasteiger partial charge in [0.2, 0.25) is 0 Å². The Bertz CT molecular complexity index is 666. The van der Waals surface area contributed by atoms with E-state index in [0.29, 0.717) is 18.7 Å².